The number of nitrogens with zero attached hydrogens (tertiary/aromatic N) is 1. The number of rotatable bonds is 8. The second-order valence-corrected chi connectivity index (χ2v) is 6.52. The molecule has 1 rings (SSSR count). The van der Waals surface area contributed by atoms with Gasteiger partial charge in [-0.15, -0.1) is 0 Å². The second kappa shape index (κ2) is 12.7. The summed E-state index contributed by atoms with van der Waals surface area (Å²) in [6.45, 7) is 18.3. The Balaban J connectivity index is -0.00000116. The van der Waals surface area contributed by atoms with Crippen LogP contribution < -0.4 is 10.6 Å². The fraction of sp³-hybridized carbons (Fsp3) is 0.941. The number of hydrogen-bond donors (Lipinski definition) is 2. The number of hydrogen-bond acceptors (Lipinski definition) is 5. The monoisotopic (exact) mass is 335 g/mol. The fourth-order valence-corrected chi connectivity index (χ4v) is 2.16. The molecular formula is C17H41N3O3. The molecule has 1 atom stereocenters. The third-order valence-electron chi connectivity index (χ3n) is 3.26. The lowest BCUT2D eigenvalue weighted by molar-refractivity contribution is -0.120. The second-order valence-electron chi connectivity index (χ2n) is 6.52. The summed E-state index contributed by atoms with van der Waals surface area (Å²) in [6.07, 6.45) is 0.0882. The lowest BCUT2D eigenvalue weighted by Crippen LogP contribution is -2.48. The first kappa shape index (κ1) is 22.3. The van der Waals surface area contributed by atoms with Gasteiger partial charge in [-0.25, -0.2) is 0 Å². The maximum absolute atomic E-state index is 10.9. The van der Waals surface area contributed by atoms with Crippen molar-refractivity contribution in [3.05, 3.63) is 0 Å². The first-order chi connectivity index (χ1) is 10.9. The van der Waals surface area contributed by atoms with E-state index in [1.807, 2.05) is 13.8 Å². The van der Waals surface area contributed by atoms with Gasteiger partial charge in [0.2, 0.25) is 5.91 Å². The topological polar surface area (TPSA) is 62.8 Å². The van der Waals surface area contributed by atoms with Crippen molar-refractivity contribution in [3.63, 3.8) is 0 Å². The Morgan fingerprint density at radius 3 is 2.65 bits per heavy atom. The van der Waals surface area contributed by atoms with Crippen molar-refractivity contribution in [2.45, 2.75) is 53.2 Å². The van der Waals surface area contributed by atoms with E-state index < -0.39 is 0 Å². The van der Waals surface area contributed by atoms with Crippen molar-refractivity contribution in [2.24, 2.45) is 0 Å². The third-order valence-corrected chi connectivity index (χ3v) is 3.26. The average Bonchev–Trinajstić information content (AvgIpc) is 2.50. The van der Waals surface area contributed by atoms with Crippen LogP contribution in [0.4, 0.5) is 0 Å². The van der Waals surface area contributed by atoms with E-state index in [1.165, 1.54) is 6.92 Å². The molecule has 1 aliphatic rings. The van der Waals surface area contributed by atoms with E-state index >= 15 is 0 Å². The molecule has 1 saturated heterocycles. The van der Waals surface area contributed by atoms with E-state index in [4.69, 9.17) is 9.47 Å². The molecule has 142 valence electrons. The number of carbonyl (C=O) groups is 1. The lowest BCUT2D eigenvalue weighted by atomic mass is 10.1. The Labute approximate surface area is 145 Å². The normalized spacial score (nSPS) is 19.0. The molecule has 0 aromatic rings. The van der Waals surface area contributed by atoms with E-state index in [1.54, 1.807) is 0 Å². The maximum atomic E-state index is 10.9. The van der Waals surface area contributed by atoms with Gasteiger partial charge in [-0.1, -0.05) is 13.8 Å². The zero-order valence-corrected chi connectivity index (χ0v) is 15.9. The standard InChI is InChI=1S/C15H31N3O3.C2H6.2H2/c1-13(19)16-11-14-12-18(7-10-21-14)6-9-20-8-5-17-15(2,3)4;1-2;;/h14,17H,5-12H2,1-4H3,(H,16,19);1-2H3;2*1H. The van der Waals surface area contributed by atoms with Crippen LogP contribution in [0.5, 0.6) is 0 Å². The van der Waals surface area contributed by atoms with Crippen LogP contribution in [0.3, 0.4) is 0 Å². The van der Waals surface area contributed by atoms with Crippen LogP contribution >= 0.6 is 0 Å². The van der Waals surface area contributed by atoms with Gasteiger partial charge < -0.3 is 20.1 Å². The Kier molecular flexibility index (Phi) is 12.3. The first-order valence-corrected chi connectivity index (χ1v) is 8.78. The van der Waals surface area contributed by atoms with E-state index in [0.29, 0.717) is 6.54 Å². The minimum absolute atomic E-state index is 0. The van der Waals surface area contributed by atoms with Crippen LogP contribution in [0.2, 0.25) is 0 Å². The zero-order valence-electron chi connectivity index (χ0n) is 15.9. The molecule has 0 saturated carbocycles. The highest BCUT2D eigenvalue weighted by Gasteiger charge is 2.20. The van der Waals surface area contributed by atoms with E-state index in [9.17, 15) is 4.79 Å². The van der Waals surface area contributed by atoms with Crippen LogP contribution in [-0.2, 0) is 14.3 Å². The van der Waals surface area contributed by atoms with Gasteiger partial charge in [0.25, 0.3) is 0 Å². The van der Waals surface area contributed by atoms with Crippen molar-refractivity contribution < 1.29 is 17.1 Å². The summed E-state index contributed by atoms with van der Waals surface area (Å²) in [6, 6.07) is 0. The van der Waals surface area contributed by atoms with Gasteiger partial charge in [0.1, 0.15) is 0 Å². The minimum atomic E-state index is -0.00888. The molecule has 0 aromatic heterocycles. The molecule has 6 nitrogen and oxygen atoms in total. The molecule has 0 radical (unpaired) electrons. The molecule has 23 heavy (non-hydrogen) atoms. The summed E-state index contributed by atoms with van der Waals surface area (Å²) in [7, 11) is 0. The number of amides is 1. The largest absolute Gasteiger partial charge is 0.379 e. The van der Waals surface area contributed by atoms with Crippen LogP contribution in [0.15, 0.2) is 0 Å². The zero-order chi connectivity index (χ0) is 17.7. The highest BCUT2D eigenvalue weighted by Crippen LogP contribution is 2.04. The van der Waals surface area contributed by atoms with Gasteiger partial charge >= 0.3 is 0 Å². The van der Waals surface area contributed by atoms with Gasteiger partial charge in [0.15, 0.2) is 0 Å². The van der Waals surface area contributed by atoms with Crippen molar-refractivity contribution in [2.75, 3.05) is 52.5 Å². The molecule has 0 aromatic carbocycles. The summed E-state index contributed by atoms with van der Waals surface area (Å²) in [5, 5.41) is 6.20. The number of carbonyl (C=O) groups excluding carboxylic acids is 1. The van der Waals surface area contributed by atoms with Gasteiger partial charge in [0.05, 0.1) is 25.9 Å². The maximum Gasteiger partial charge on any atom is 0.216 e. The van der Waals surface area contributed by atoms with Gasteiger partial charge in [0, 0.05) is 48.0 Å². The molecular weight excluding hydrogens is 294 g/mol. The smallest absolute Gasteiger partial charge is 0.216 e. The third kappa shape index (κ3) is 13.4. The SMILES string of the molecule is CC.CC(=O)NCC1CN(CCOCCNC(C)(C)C)CCO1.[HH].[HH]. The van der Waals surface area contributed by atoms with Crippen molar-refractivity contribution >= 4 is 5.91 Å². The van der Waals surface area contributed by atoms with Crippen LogP contribution in [0.25, 0.3) is 0 Å². The van der Waals surface area contributed by atoms with Gasteiger partial charge in [-0.2, -0.15) is 0 Å². The van der Waals surface area contributed by atoms with E-state index in [-0.39, 0.29) is 20.4 Å². The van der Waals surface area contributed by atoms with Gasteiger partial charge in [-0.3, -0.25) is 9.69 Å². The predicted molar refractivity (Wildman–Crippen MR) is 99.0 cm³/mol. The molecule has 1 fully saturated rings. The molecule has 1 heterocycles. The molecule has 0 bridgehead atoms. The molecule has 2 N–H and O–H groups in total. The highest BCUT2D eigenvalue weighted by atomic mass is 16.5. The first-order valence-electron chi connectivity index (χ1n) is 8.78. The van der Waals surface area contributed by atoms with Crippen molar-refractivity contribution in [1.82, 2.24) is 15.5 Å². The Morgan fingerprint density at radius 2 is 2.04 bits per heavy atom. The summed E-state index contributed by atoms with van der Waals surface area (Å²) < 4.78 is 11.3. The Bertz CT molecular complexity index is 316. The van der Waals surface area contributed by atoms with Crippen LogP contribution in [0.1, 0.15) is 44.4 Å². The molecule has 1 amide bonds. The van der Waals surface area contributed by atoms with Crippen LogP contribution in [-0.4, -0.2) is 75.0 Å². The number of nitrogens with one attached hydrogen (secondary N) is 2. The molecule has 1 aliphatic heterocycles. The predicted octanol–water partition coefficient (Wildman–Crippen LogP) is 1.75. The highest BCUT2D eigenvalue weighted by molar-refractivity contribution is 5.72. The molecule has 0 aliphatic carbocycles. The Hall–Kier alpha value is -0.690. The molecule has 6 heteroatoms. The van der Waals surface area contributed by atoms with Crippen molar-refractivity contribution in [1.29, 1.82) is 0 Å². The molecule has 1 unspecified atom stereocenters. The number of ether oxygens (including phenoxy) is 2. The summed E-state index contributed by atoms with van der Waals surface area (Å²) in [4.78, 5) is 13.2. The van der Waals surface area contributed by atoms with Crippen LogP contribution in [0, 0.1) is 0 Å². The van der Waals surface area contributed by atoms with Gasteiger partial charge in [-0.05, 0) is 20.8 Å². The minimum Gasteiger partial charge on any atom is -0.379 e. The average molecular weight is 336 g/mol. The van der Waals surface area contributed by atoms with E-state index in [0.717, 1.165) is 46.0 Å². The lowest BCUT2D eigenvalue weighted by Gasteiger charge is -2.32. The Morgan fingerprint density at radius 1 is 1.35 bits per heavy atom. The number of morpholine rings is 1. The molecule has 0 spiro atoms. The summed E-state index contributed by atoms with van der Waals surface area (Å²) in [5.74, 6) is -0.00888. The summed E-state index contributed by atoms with van der Waals surface area (Å²) >= 11 is 0. The van der Waals surface area contributed by atoms with E-state index in [2.05, 4.69) is 36.3 Å². The fourth-order valence-electron chi connectivity index (χ4n) is 2.16. The quantitative estimate of drug-likeness (QED) is 0.662. The summed E-state index contributed by atoms with van der Waals surface area (Å²) in [5.41, 5.74) is 0.143. The van der Waals surface area contributed by atoms with Crippen molar-refractivity contribution in [3.8, 4) is 0 Å².